The Kier molecular flexibility index (Phi) is 5.04. The second-order valence-electron chi connectivity index (χ2n) is 6.27. The van der Waals surface area contributed by atoms with Crippen LogP contribution in [0.1, 0.15) is 18.4 Å². The monoisotopic (exact) mass is 332 g/mol. The normalized spacial score (nSPS) is 26.8. The Morgan fingerprint density at radius 2 is 1.92 bits per heavy atom. The SMILES string of the molecule is CCOC(=O)[C@@H]1[C@H]2CN(C(=O)OC)CCN2C[C@H]1c1ccccc1. The number of carbonyl (C=O) groups is 2. The highest BCUT2D eigenvalue weighted by Crippen LogP contribution is 2.39. The van der Waals surface area contributed by atoms with Crippen LogP contribution < -0.4 is 0 Å². The lowest BCUT2D eigenvalue weighted by Crippen LogP contribution is -2.54. The Labute approximate surface area is 142 Å². The van der Waals surface area contributed by atoms with Crippen molar-refractivity contribution in [3.8, 4) is 0 Å². The topological polar surface area (TPSA) is 59.1 Å². The van der Waals surface area contributed by atoms with Gasteiger partial charge in [0.05, 0.1) is 19.6 Å². The molecule has 0 saturated carbocycles. The summed E-state index contributed by atoms with van der Waals surface area (Å²) in [5.41, 5.74) is 1.15. The van der Waals surface area contributed by atoms with Crippen molar-refractivity contribution in [2.24, 2.45) is 5.92 Å². The van der Waals surface area contributed by atoms with Crippen molar-refractivity contribution in [2.45, 2.75) is 18.9 Å². The van der Waals surface area contributed by atoms with Gasteiger partial charge in [0.25, 0.3) is 0 Å². The lowest BCUT2D eigenvalue weighted by Gasteiger charge is -2.38. The van der Waals surface area contributed by atoms with Gasteiger partial charge in [-0.1, -0.05) is 30.3 Å². The molecule has 0 aliphatic carbocycles. The van der Waals surface area contributed by atoms with E-state index in [-0.39, 0.29) is 29.9 Å². The van der Waals surface area contributed by atoms with Gasteiger partial charge in [0.2, 0.25) is 0 Å². The van der Waals surface area contributed by atoms with Gasteiger partial charge in [-0.25, -0.2) is 4.79 Å². The van der Waals surface area contributed by atoms with E-state index in [4.69, 9.17) is 9.47 Å². The first kappa shape index (κ1) is 16.8. The van der Waals surface area contributed by atoms with Gasteiger partial charge >= 0.3 is 12.1 Å². The molecule has 2 aliphatic heterocycles. The van der Waals surface area contributed by atoms with E-state index in [2.05, 4.69) is 17.0 Å². The summed E-state index contributed by atoms with van der Waals surface area (Å²) in [6, 6.07) is 10.1. The molecule has 0 aromatic heterocycles. The first-order valence-electron chi connectivity index (χ1n) is 8.44. The highest BCUT2D eigenvalue weighted by molar-refractivity contribution is 5.76. The van der Waals surface area contributed by atoms with E-state index >= 15 is 0 Å². The van der Waals surface area contributed by atoms with Gasteiger partial charge in [-0.2, -0.15) is 0 Å². The van der Waals surface area contributed by atoms with E-state index in [1.165, 1.54) is 7.11 Å². The lowest BCUT2D eigenvalue weighted by atomic mass is 9.85. The molecule has 130 valence electrons. The third kappa shape index (κ3) is 3.11. The maximum Gasteiger partial charge on any atom is 0.409 e. The van der Waals surface area contributed by atoms with Crippen molar-refractivity contribution in [2.75, 3.05) is 39.9 Å². The number of fused-ring (bicyclic) bond motifs is 1. The van der Waals surface area contributed by atoms with E-state index < -0.39 is 0 Å². The van der Waals surface area contributed by atoms with Crippen molar-refractivity contribution in [3.63, 3.8) is 0 Å². The molecule has 0 N–H and O–H groups in total. The molecule has 3 rings (SSSR count). The smallest absolute Gasteiger partial charge is 0.409 e. The molecular weight excluding hydrogens is 308 g/mol. The molecule has 0 spiro atoms. The first-order valence-corrected chi connectivity index (χ1v) is 8.44. The molecule has 0 radical (unpaired) electrons. The molecule has 2 heterocycles. The fraction of sp³-hybridized carbons (Fsp3) is 0.556. The van der Waals surface area contributed by atoms with Crippen LogP contribution in [-0.2, 0) is 14.3 Å². The number of nitrogens with zero attached hydrogens (tertiary/aromatic N) is 2. The molecule has 2 saturated heterocycles. The number of methoxy groups -OCH3 is 1. The minimum absolute atomic E-state index is 0.0258. The van der Waals surface area contributed by atoms with E-state index in [1.807, 2.05) is 25.1 Å². The van der Waals surface area contributed by atoms with Crippen molar-refractivity contribution < 1.29 is 19.1 Å². The Balaban J connectivity index is 1.87. The highest BCUT2D eigenvalue weighted by Gasteiger charge is 2.49. The van der Waals surface area contributed by atoms with E-state index in [0.29, 0.717) is 19.7 Å². The summed E-state index contributed by atoms with van der Waals surface area (Å²) in [6.45, 7) is 4.87. The van der Waals surface area contributed by atoms with E-state index in [1.54, 1.807) is 4.90 Å². The highest BCUT2D eigenvalue weighted by atomic mass is 16.5. The number of benzene rings is 1. The Morgan fingerprint density at radius 3 is 2.58 bits per heavy atom. The zero-order valence-electron chi connectivity index (χ0n) is 14.2. The molecule has 0 bridgehead atoms. The quantitative estimate of drug-likeness (QED) is 0.789. The molecule has 2 aliphatic rings. The standard InChI is InChI=1S/C18H24N2O4/c1-3-24-17(21)16-14(13-7-5-4-6-8-13)11-19-9-10-20(12-15(16)19)18(22)23-2/h4-8,14-16H,3,9-12H2,1-2H3/t14-,15+,16-/m0/s1. The summed E-state index contributed by atoms with van der Waals surface area (Å²) >= 11 is 0. The second kappa shape index (κ2) is 7.21. The molecule has 2 fully saturated rings. The van der Waals surface area contributed by atoms with Gasteiger partial charge in [-0.15, -0.1) is 0 Å². The zero-order valence-corrected chi connectivity index (χ0v) is 14.2. The average Bonchev–Trinajstić information content (AvgIpc) is 3.00. The maximum atomic E-state index is 12.6. The number of rotatable bonds is 3. The Hall–Kier alpha value is -2.08. The van der Waals surface area contributed by atoms with Crippen molar-refractivity contribution in [1.82, 2.24) is 9.80 Å². The van der Waals surface area contributed by atoms with Crippen LogP contribution in [0.3, 0.4) is 0 Å². The van der Waals surface area contributed by atoms with E-state index in [0.717, 1.165) is 18.7 Å². The van der Waals surface area contributed by atoms with Crippen LogP contribution in [0.2, 0.25) is 0 Å². The van der Waals surface area contributed by atoms with Gasteiger partial charge in [-0.05, 0) is 12.5 Å². The molecule has 1 aromatic carbocycles. The maximum absolute atomic E-state index is 12.6. The van der Waals surface area contributed by atoms with Crippen LogP contribution in [-0.4, -0.2) is 67.8 Å². The van der Waals surface area contributed by atoms with Crippen LogP contribution in [0.25, 0.3) is 0 Å². The molecule has 1 amide bonds. The summed E-state index contributed by atoms with van der Waals surface area (Å²) in [5, 5.41) is 0. The Morgan fingerprint density at radius 1 is 1.17 bits per heavy atom. The third-order valence-corrected chi connectivity index (χ3v) is 5.03. The lowest BCUT2D eigenvalue weighted by molar-refractivity contribution is -0.149. The molecule has 1 aromatic rings. The van der Waals surface area contributed by atoms with Gasteiger partial charge in [-0.3, -0.25) is 9.69 Å². The predicted octanol–water partition coefficient (Wildman–Crippen LogP) is 1.72. The minimum Gasteiger partial charge on any atom is -0.466 e. The molecule has 3 atom stereocenters. The van der Waals surface area contributed by atoms with Gasteiger partial charge < -0.3 is 14.4 Å². The van der Waals surface area contributed by atoms with Crippen molar-refractivity contribution in [3.05, 3.63) is 35.9 Å². The van der Waals surface area contributed by atoms with Crippen LogP contribution in [0.4, 0.5) is 4.79 Å². The zero-order chi connectivity index (χ0) is 17.1. The van der Waals surface area contributed by atoms with Gasteiger partial charge in [0.1, 0.15) is 0 Å². The molecule has 6 nitrogen and oxygen atoms in total. The summed E-state index contributed by atoms with van der Waals surface area (Å²) < 4.78 is 10.2. The second-order valence-corrected chi connectivity index (χ2v) is 6.27. The molecule has 24 heavy (non-hydrogen) atoms. The van der Waals surface area contributed by atoms with Gasteiger partial charge in [0.15, 0.2) is 0 Å². The van der Waals surface area contributed by atoms with Crippen LogP contribution in [0.15, 0.2) is 30.3 Å². The fourth-order valence-corrected chi connectivity index (χ4v) is 3.92. The number of hydrogen-bond acceptors (Lipinski definition) is 5. The molecule has 6 heteroatoms. The van der Waals surface area contributed by atoms with Gasteiger partial charge in [0, 0.05) is 38.1 Å². The summed E-state index contributed by atoms with van der Waals surface area (Å²) in [7, 11) is 1.39. The van der Waals surface area contributed by atoms with Crippen molar-refractivity contribution >= 4 is 12.1 Å². The van der Waals surface area contributed by atoms with Crippen LogP contribution >= 0.6 is 0 Å². The number of piperazine rings is 1. The van der Waals surface area contributed by atoms with Crippen molar-refractivity contribution in [1.29, 1.82) is 0 Å². The number of ether oxygens (including phenoxy) is 2. The van der Waals surface area contributed by atoms with Crippen LogP contribution in [0.5, 0.6) is 0 Å². The molecule has 0 unspecified atom stereocenters. The fourth-order valence-electron chi connectivity index (χ4n) is 3.92. The first-order chi connectivity index (χ1) is 11.7. The average molecular weight is 332 g/mol. The summed E-state index contributed by atoms with van der Waals surface area (Å²) in [4.78, 5) is 28.5. The molecular formula is C18H24N2O4. The Bertz CT molecular complexity index is 592. The minimum atomic E-state index is -0.333. The van der Waals surface area contributed by atoms with Crippen LogP contribution in [0, 0.1) is 5.92 Å². The third-order valence-electron chi connectivity index (χ3n) is 5.03. The predicted molar refractivity (Wildman–Crippen MR) is 88.6 cm³/mol. The number of carbonyl (C=O) groups excluding carboxylic acids is 2. The van der Waals surface area contributed by atoms with E-state index in [9.17, 15) is 9.59 Å². The summed E-state index contributed by atoms with van der Waals surface area (Å²) in [6.07, 6.45) is -0.333. The number of amides is 1. The number of esters is 1. The summed E-state index contributed by atoms with van der Waals surface area (Å²) in [5.74, 6) is -0.349. The number of hydrogen-bond donors (Lipinski definition) is 0. The largest absolute Gasteiger partial charge is 0.466 e.